The third-order valence-electron chi connectivity index (χ3n) is 4.10. The van der Waals surface area contributed by atoms with Crippen molar-refractivity contribution in [3.63, 3.8) is 0 Å². The van der Waals surface area contributed by atoms with Gasteiger partial charge in [-0.1, -0.05) is 29.4 Å². The van der Waals surface area contributed by atoms with E-state index >= 15 is 0 Å². The number of carbonyl (C=O) groups is 1. The smallest absolute Gasteiger partial charge is 0.257 e. The summed E-state index contributed by atoms with van der Waals surface area (Å²) >= 11 is 7.57. The minimum atomic E-state index is -0.171. The monoisotopic (exact) mass is 400 g/mol. The number of thioether (sulfide) groups is 1. The fraction of sp³-hybridized carbons (Fsp3) is 0.200. The maximum atomic E-state index is 13.0. The maximum absolute atomic E-state index is 13.0. The van der Waals surface area contributed by atoms with Crippen LogP contribution in [0.2, 0.25) is 5.02 Å². The molecule has 0 saturated carbocycles. The fourth-order valence-corrected chi connectivity index (χ4v) is 3.93. The molecule has 2 aromatic carbocycles. The first-order valence-corrected chi connectivity index (χ1v) is 9.84. The number of benzene rings is 2. The number of carbonyl (C=O) groups excluding carboxylic acids is 1. The number of hydrogen-bond donors (Lipinski definition) is 0. The van der Waals surface area contributed by atoms with Crippen molar-refractivity contribution in [2.75, 3.05) is 17.4 Å². The molecule has 138 valence electrons. The second-order valence-corrected chi connectivity index (χ2v) is 7.59. The lowest BCUT2D eigenvalue weighted by Gasteiger charge is -2.20. The SMILES string of the molecule is CC1CSC(N(C(=O)C=Cc2ccc3c(c2)OCO3)c2ccc(Cl)cc2)=N1. The summed E-state index contributed by atoms with van der Waals surface area (Å²) in [5, 5.41) is 1.32. The summed E-state index contributed by atoms with van der Waals surface area (Å²) < 4.78 is 10.7. The lowest BCUT2D eigenvalue weighted by Crippen LogP contribution is -2.33. The number of fused-ring (bicyclic) bond motifs is 1. The van der Waals surface area contributed by atoms with E-state index in [-0.39, 0.29) is 18.7 Å². The van der Waals surface area contributed by atoms with Gasteiger partial charge in [-0.25, -0.2) is 0 Å². The van der Waals surface area contributed by atoms with E-state index in [1.165, 1.54) is 6.08 Å². The standard InChI is InChI=1S/C20H17ClN2O3S/c1-13-11-27-20(22-13)23(16-6-4-15(21)5-7-16)19(24)9-3-14-2-8-17-18(10-14)26-12-25-17/h2-10,13H,11-12H2,1H3. The van der Waals surface area contributed by atoms with Crippen LogP contribution in [0, 0.1) is 0 Å². The van der Waals surface area contributed by atoms with Crippen molar-refractivity contribution in [2.45, 2.75) is 13.0 Å². The van der Waals surface area contributed by atoms with Crippen LogP contribution < -0.4 is 14.4 Å². The molecule has 0 saturated heterocycles. The van der Waals surface area contributed by atoms with Crippen LogP contribution in [0.1, 0.15) is 12.5 Å². The van der Waals surface area contributed by atoms with E-state index in [1.807, 2.05) is 37.3 Å². The molecule has 5 nitrogen and oxygen atoms in total. The Bertz CT molecular complexity index is 927. The Morgan fingerprint density at radius 2 is 2.00 bits per heavy atom. The van der Waals surface area contributed by atoms with Gasteiger partial charge in [-0.2, -0.15) is 0 Å². The van der Waals surface area contributed by atoms with E-state index in [1.54, 1.807) is 34.9 Å². The van der Waals surface area contributed by atoms with Crippen molar-refractivity contribution in [1.82, 2.24) is 0 Å². The second-order valence-electron chi connectivity index (χ2n) is 6.17. The molecule has 0 bridgehead atoms. The molecule has 2 heterocycles. The van der Waals surface area contributed by atoms with Gasteiger partial charge in [0.25, 0.3) is 5.91 Å². The van der Waals surface area contributed by atoms with E-state index in [0.29, 0.717) is 21.7 Å². The van der Waals surface area contributed by atoms with Gasteiger partial charge in [0.05, 0.1) is 11.7 Å². The molecule has 0 spiro atoms. The summed E-state index contributed by atoms with van der Waals surface area (Å²) in [7, 11) is 0. The first-order chi connectivity index (χ1) is 13.1. The number of rotatable bonds is 3. The van der Waals surface area contributed by atoms with Gasteiger partial charge in [0.1, 0.15) is 0 Å². The Kier molecular flexibility index (Phi) is 5.09. The third-order valence-corrected chi connectivity index (χ3v) is 5.54. The third kappa shape index (κ3) is 3.96. The summed E-state index contributed by atoms with van der Waals surface area (Å²) in [4.78, 5) is 19.2. The van der Waals surface area contributed by atoms with Crippen LogP contribution in [-0.2, 0) is 4.79 Å². The molecule has 0 N–H and O–H groups in total. The second kappa shape index (κ2) is 7.66. The summed E-state index contributed by atoms with van der Waals surface area (Å²) in [6, 6.07) is 12.9. The van der Waals surface area contributed by atoms with Crippen LogP contribution in [0.15, 0.2) is 53.5 Å². The molecular formula is C20H17ClN2O3S. The van der Waals surface area contributed by atoms with Gasteiger partial charge >= 0.3 is 0 Å². The highest BCUT2D eigenvalue weighted by Crippen LogP contribution is 2.33. The Hall–Kier alpha value is -2.44. The minimum Gasteiger partial charge on any atom is -0.454 e. The van der Waals surface area contributed by atoms with E-state index in [2.05, 4.69) is 4.99 Å². The highest BCUT2D eigenvalue weighted by molar-refractivity contribution is 8.14. The topological polar surface area (TPSA) is 51.1 Å². The van der Waals surface area contributed by atoms with Crippen molar-refractivity contribution < 1.29 is 14.3 Å². The number of halogens is 1. The Morgan fingerprint density at radius 3 is 2.74 bits per heavy atom. The van der Waals surface area contributed by atoms with Gasteiger partial charge in [-0.05, 0) is 55.0 Å². The summed E-state index contributed by atoms with van der Waals surface area (Å²) in [6.45, 7) is 2.26. The summed E-state index contributed by atoms with van der Waals surface area (Å²) in [5.74, 6) is 2.09. The molecule has 1 amide bonds. The predicted molar refractivity (Wildman–Crippen MR) is 110 cm³/mol. The molecule has 0 aromatic heterocycles. The molecule has 0 aliphatic carbocycles. The molecule has 1 atom stereocenters. The highest BCUT2D eigenvalue weighted by Gasteiger charge is 2.25. The van der Waals surface area contributed by atoms with Gasteiger partial charge in [-0.3, -0.25) is 14.7 Å². The molecule has 7 heteroatoms. The molecule has 4 rings (SSSR count). The average Bonchev–Trinajstić information content (AvgIpc) is 3.30. The minimum absolute atomic E-state index is 0.171. The van der Waals surface area contributed by atoms with E-state index in [4.69, 9.17) is 21.1 Å². The first-order valence-electron chi connectivity index (χ1n) is 8.48. The van der Waals surface area contributed by atoms with Gasteiger partial charge in [0, 0.05) is 16.9 Å². The Balaban J connectivity index is 1.60. The Labute approximate surface area is 166 Å². The number of aliphatic imine (C=N–C) groups is 1. The molecular weight excluding hydrogens is 384 g/mol. The van der Waals surface area contributed by atoms with Gasteiger partial charge in [0.15, 0.2) is 16.7 Å². The molecule has 2 aliphatic rings. The number of amidine groups is 1. The van der Waals surface area contributed by atoms with Crippen molar-refractivity contribution in [3.05, 3.63) is 59.1 Å². The number of anilines is 1. The lowest BCUT2D eigenvalue weighted by molar-refractivity contribution is -0.113. The van der Waals surface area contributed by atoms with Crippen molar-refractivity contribution >= 4 is 46.2 Å². The van der Waals surface area contributed by atoms with Crippen molar-refractivity contribution in [1.29, 1.82) is 0 Å². The summed E-state index contributed by atoms with van der Waals surface area (Å²) in [6.07, 6.45) is 3.30. The maximum Gasteiger partial charge on any atom is 0.257 e. The average molecular weight is 401 g/mol. The van der Waals surface area contributed by atoms with Crippen LogP contribution in [-0.4, -0.2) is 29.7 Å². The van der Waals surface area contributed by atoms with E-state index in [9.17, 15) is 4.79 Å². The number of nitrogens with zero attached hydrogens (tertiary/aromatic N) is 2. The summed E-state index contributed by atoms with van der Waals surface area (Å²) in [5.41, 5.74) is 1.60. The lowest BCUT2D eigenvalue weighted by atomic mass is 10.2. The molecule has 2 aromatic rings. The predicted octanol–water partition coefficient (Wildman–Crippen LogP) is 4.61. The number of hydrogen-bond acceptors (Lipinski definition) is 5. The normalized spacial score (nSPS) is 18.0. The fourth-order valence-electron chi connectivity index (χ4n) is 2.76. The first kappa shape index (κ1) is 17.9. The zero-order valence-corrected chi connectivity index (χ0v) is 16.2. The van der Waals surface area contributed by atoms with Gasteiger partial charge in [-0.15, -0.1) is 0 Å². The number of ether oxygens (including phenoxy) is 2. The van der Waals surface area contributed by atoms with Crippen molar-refractivity contribution in [3.8, 4) is 11.5 Å². The van der Waals surface area contributed by atoms with Crippen LogP contribution in [0.3, 0.4) is 0 Å². The largest absolute Gasteiger partial charge is 0.454 e. The van der Waals surface area contributed by atoms with Crippen LogP contribution in [0.4, 0.5) is 5.69 Å². The van der Waals surface area contributed by atoms with Crippen LogP contribution in [0.25, 0.3) is 6.08 Å². The van der Waals surface area contributed by atoms with Crippen LogP contribution in [0.5, 0.6) is 11.5 Å². The van der Waals surface area contributed by atoms with E-state index < -0.39 is 0 Å². The Morgan fingerprint density at radius 1 is 1.22 bits per heavy atom. The van der Waals surface area contributed by atoms with Gasteiger partial charge in [0.2, 0.25) is 6.79 Å². The molecule has 1 unspecified atom stereocenters. The molecule has 27 heavy (non-hydrogen) atoms. The molecule has 0 fully saturated rings. The zero-order valence-electron chi connectivity index (χ0n) is 14.6. The molecule has 0 radical (unpaired) electrons. The van der Waals surface area contributed by atoms with Crippen LogP contribution >= 0.6 is 23.4 Å². The number of amides is 1. The van der Waals surface area contributed by atoms with Crippen molar-refractivity contribution in [2.24, 2.45) is 4.99 Å². The van der Waals surface area contributed by atoms with E-state index in [0.717, 1.165) is 17.0 Å². The highest BCUT2D eigenvalue weighted by atomic mass is 35.5. The van der Waals surface area contributed by atoms with Gasteiger partial charge < -0.3 is 9.47 Å². The molecule has 2 aliphatic heterocycles. The zero-order chi connectivity index (χ0) is 18.8. The quantitative estimate of drug-likeness (QED) is 0.706.